The van der Waals surface area contributed by atoms with Crippen LogP contribution in [0.15, 0.2) is 83.9 Å². The summed E-state index contributed by atoms with van der Waals surface area (Å²) in [7, 11) is 0. The second-order valence-corrected chi connectivity index (χ2v) is 11.2. The summed E-state index contributed by atoms with van der Waals surface area (Å²) in [6, 6.07) is 22.0. The van der Waals surface area contributed by atoms with Gasteiger partial charge in [-0.05, 0) is 34.4 Å². The van der Waals surface area contributed by atoms with Gasteiger partial charge in [0, 0.05) is 26.7 Å². The molecule has 0 spiro atoms. The van der Waals surface area contributed by atoms with Crippen LogP contribution in [-0.4, -0.2) is 80.1 Å². The maximum atomic E-state index is 14.3. The second kappa shape index (κ2) is 15.4. The van der Waals surface area contributed by atoms with Crippen LogP contribution in [0.3, 0.4) is 0 Å². The fourth-order valence-corrected chi connectivity index (χ4v) is 5.71. The zero-order chi connectivity index (χ0) is 36.0. The summed E-state index contributed by atoms with van der Waals surface area (Å²) < 4.78 is 80.6. The minimum Gasteiger partial charge on any atom is -0.463 e. The monoisotopic (exact) mass is 699 g/mol. The molecule has 1 fully saturated rings. The Bertz CT molecular complexity index is 1700. The lowest BCUT2D eigenvalue weighted by molar-refractivity contribution is -0.293. The van der Waals surface area contributed by atoms with Gasteiger partial charge in [0.05, 0.1) is 5.69 Å². The molecule has 1 heterocycles. The van der Waals surface area contributed by atoms with Crippen molar-refractivity contribution in [1.29, 1.82) is 0 Å². The molecule has 50 heavy (non-hydrogen) atoms. The second-order valence-electron chi connectivity index (χ2n) is 11.2. The molecule has 5 rings (SSSR count). The summed E-state index contributed by atoms with van der Waals surface area (Å²) in [6.45, 7) is 2.11. The van der Waals surface area contributed by atoms with Gasteiger partial charge in [-0.1, -0.05) is 66.7 Å². The van der Waals surface area contributed by atoms with Gasteiger partial charge in [-0.25, -0.2) is 9.79 Å². The van der Waals surface area contributed by atoms with E-state index in [-0.39, 0.29) is 12.3 Å². The Morgan fingerprint density at radius 3 is 1.78 bits per heavy atom. The van der Waals surface area contributed by atoms with Crippen molar-refractivity contribution < 1.29 is 65.5 Å². The van der Waals surface area contributed by atoms with E-state index >= 15 is 0 Å². The predicted octanol–water partition coefficient (Wildman–Crippen LogP) is 5.78. The number of fused-ring (bicyclic) bond motifs is 3. The van der Waals surface area contributed by atoms with E-state index in [1.807, 2.05) is 48.5 Å². The molecule has 264 valence electrons. The maximum Gasteiger partial charge on any atom is 0.508 e. The van der Waals surface area contributed by atoms with Crippen LogP contribution in [0, 0.1) is 0 Å². The Hall–Kier alpha value is -5.44. The maximum absolute atomic E-state index is 14.3. The van der Waals surface area contributed by atoms with Crippen LogP contribution < -0.4 is 0 Å². The summed E-state index contributed by atoms with van der Waals surface area (Å²) in [5.41, 5.74) is 3.48. The summed E-state index contributed by atoms with van der Waals surface area (Å²) in [5, 5.41) is 0. The molecule has 15 heteroatoms. The van der Waals surface area contributed by atoms with Gasteiger partial charge in [-0.2, -0.15) is 13.2 Å². The number of benzene rings is 3. The van der Waals surface area contributed by atoms with Crippen molar-refractivity contribution >= 4 is 35.6 Å². The number of para-hydroxylation sites is 1. The number of nitrogens with zero attached hydrogens (tertiary/aromatic N) is 1. The van der Waals surface area contributed by atoms with Crippen LogP contribution in [0.1, 0.15) is 37.8 Å². The topological polar surface area (TPSA) is 145 Å². The number of carbonyl (C=O) groups excluding carboxylic acids is 4. The van der Waals surface area contributed by atoms with Crippen LogP contribution in [-0.2, 0) is 47.5 Å². The van der Waals surface area contributed by atoms with E-state index in [0.29, 0.717) is 0 Å². The number of carbonyl (C=O) groups is 4. The average Bonchev–Trinajstić information content (AvgIpc) is 3.38. The first-order chi connectivity index (χ1) is 23.8. The summed E-state index contributed by atoms with van der Waals surface area (Å²) >= 11 is 0. The molecule has 12 nitrogen and oxygen atoms in total. The minimum absolute atomic E-state index is 0.143. The Morgan fingerprint density at radius 1 is 0.660 bits per heavy atom. The van der Waals surface area contributed by atoms with Gasteiger partial charge in [-0.3, -0.25) is 14.4 Å². The molecule has 0 amide bonds. The smallest absolute Gasteiger partial charge is 0.463 e. The fourth-order valence-electron chi connectivity index (χ4n) is 5.71. The van der Waals surface area contributed by atoms with E-state index in [1.165, 1.54) is 24.3 Å². The lowest BCUT2D eigenvalue weighted by Gasteiger charge is -2.43. The highest BCUT2D eigenvalue weighted by atomic mass is 19.4. The number of halogens is 3. The van der Waals surface area contributed by atoms with Crippen LogP contribution in [0.25, 0.3) is 11.1 Å². The Morgan fingerprint density at radius 2 is 1.22 bits per heavy atom. The predicted molar refractivity (Wildman–Crippen MR) is 167 cm³/mol. The molecule has 1 aliphatic heterocycles. The molecule has 3 aromatic rings. The first-order valence-corrected chi connectivity index (χ1v) is 15.3. The molecule has 0 unspecified atom stereocenters. The van der Waals surface area contributed by atoms with Crippen molar-refractivity contribution in [2.45, 2.75) is 63.6 Å². The summed E-state index contributed by atoms with van der Waals surface area (Å²) in [5.74, 6) is -4.95. The molecule has 1 saturated heterocycles. The lowest BCUT2D eigenvalue weighted by Crippen LogP contribution is -2.63. The minimum atomic E-state index is -5.21. The highest BCUT2D eigenvalue weighted by Gasteiger charge is 2.55. The number of aliphatic imine (C=N–C) groups is 1. The van der Waals surface area contributed by atoms with E-state index in [1.54, 1.807) is 6.07 Å². The number of rotatable bonds is 9. The largest absolute Gasteiger partial charge is 0.508 e. The Labute approximate surface area is 284 Å². The summed E-state index contributed by atoms with van der Waals surface area (Å²) in [6.07, 6.45) is -15.9. The molecule has 0 radical (unpaired) electrons. The van der Waals surface area contributed by atoms with Crippen molar-refractivity contribution in [3.63, 3.8) is 0 Å². The van der Waals surface area contributed by atoms with Crippen molar-refractivity contribution in [2.75, 3.05) is 13.2 Å². The van der Waals surface area contributed by atoms with Crippen LogP contribution in [0.4, 0.5) is 23.7 Å². The first-order valence-electron chi connectivity index (χ1n) is 15.3. The van der Waals surface area contributed by atoms with Gasteiger partial charge >= 0.3 is 30.2 Å². The average molecular weight is 700 g/mol. The van der Waals surface area contributed by atoms with Gasteiger partial charge in [-0.15, -0.1) is 0 Å². The van der Waals surface area contributed by atoms with E-state index in [9.17, 15) is 32.3 Å². The molecule has 1 aliphatic carbocycles. The third kappa shape index (κ3) is 8.58. The van der Waals surface area contributed by atoms with E-state index in [4.69, 9.17) is 33.2 Å². The van der Waals surface area contributed by atoms with Crippen LogP contribution >= 0.6 is 0 Å². The Kier molecular flexibility index (Phi) is 11.0. The van der Waals surface area contributed by atoms with Crippen molar-refractivity contribution in [1.82, 2.24) is 0 Å². The number of ether oxygens (including phenoxy) is 7. The summed E-state index contributed by atoms with van der Waals surface area (Å²) in [4.78, 5) is 53.0. The standard InChI is InChI=1S/C35H32F3NO11/c1-19(40)44-18-28-29(46-20(2)41)30(47-21(3)42)31(32(48-28)50-33(35(36,37)38)39-22-11-5-4-6-12-22)49-34(43)45-17-27-25-15-9-7-13-23(25)24-14-8-10-16-26(24)27/h4-16,27-32H,17-18H2,1-3H3/t28-,29-,30+,31-,32-/m1/s1. The van der Waals surface area contributed by atoms with Crippen molar-refractivity contribution in [3.8, 4) is 11.1 Å². The SMILES string of the molecule is CC(=O)OC[C@H]1O[C@H](OC(=Nc2ccccc2)C(F)(F)F)[C@H](OC(=O)OCC2c3ccccc3-c3ccccc32)[C@@H](OC(C)=O)[C@@H]1OC(C)=O. The van der Waals surface area contributed by atoms with Gasteiger partial charge < -0.3 is 33.2 Å². The fraction of sp³-hybridized carbons (Fsp3) is 0.343. The van der Waals surface area contributed by atoms with Gasteiger partial charge in [0.1, 0.15) is 19.3 Å². The van der Waals surface area contributed by atoms with Crippen LogP contribution in [0.5, 0.6) is 0 Å². The number of alkyl halides is 3. The zero-order valence-electron chi connectivity index (χ0n) is 27.0. The molecule has 0 saturated carbocycles. The third-order valence-electron chi connectivity index (χ3n) is 7.67. The van der Waals surface area contributed by atoms with Crippen molar-refractivity contribution in [3.05, 3.63) is 90.0 Å². The highest BCUT2D eigenvalue weighted by Crippen LogP contribution is 2.44. The zero-order valence-corrected chi connectivity index (χ0v) is 27.0. The van der Waals surface area contributed by atoms with Gasteiger partial charge in [0.25, 0.3) is 5.90 Å². The number of esters is 3. The van der Waals surface area contributed by atoms with E-state index in [2.05, 4.69) is 4.99 Å². The molecule has 5 atom stereocenters. The molecular weight excluding hydrogens is 667 g/mol. The molecular formula is C35H32F3NO11. The van der Waals surface area contributed by atoms with Crippen LogP contribution in [0.2, 0.25) is 0 Å². The molecule has 0 aromatic heterocycles. The van der Waals surface area contributed by atoms with E-state index in [0.717, 1.165) is 43.0 Å². The Balaban J connectivity index is 1.48. The lowest BCUT2D eigenvalue weighted by atomic mass is 9.98. The normalized spacial score (nSPS) is 21.6. The third-order valence-corrected chi connectivity index (χ3v) is 7.67. The van der Waals surface area contributed by atoms with Gasteiger partial charge in [0.15, 0.2) is 12.2 Å². The molecule has 0 bridgehead atoms. The molecule has 3 aromatic carbocycles. The molecule has 2 aliphatic rings. The quantitative estimate of drug-likeness (QED) is 0.116. The number of hydrogen-bond acceptors (Lipinski definition) is 12. The van der Waals surface area contributed by atoms with E-state index < -0.39 is 79.4 Å². The molecule has 0 N–H and O–H groups in total. The van der Waals surface area contributed by atoms with Gasteiger partial charge in [0.2, 0.25) is 12.4 Å². The van der Waals surface area contributed by atoms with Crippen molar-refractivity contribution in [2.24, 2.45) is 4.99 Å². The first kappa shape index (κ1) is 35.9. The highest BCUT2D eigenvalue weighted by molar-refractivity contribution is 5.84. The number of hydrogen-bond donors (Lipinski definition) is 0.